The fourth-order valence-corrected chi connectivity index (χ4v) is 1.59. The summed E-state index contributed by atoms with van der Waals surface area (Å²) in [6.45, 7) is -0.571. The number of phenolic OH excluding ortho intramolecular Hbond substituents is 1. The maximum absolute atomic E-state index is 12.7. The largest absolute Gasteiger partial charge is 0.508 e. The Kier molecular flexibility index (Phi) is 2.68. The number of aromatic hydroxyl groups is 1. The van der Waals surface area contributed by atoms with Gasteiger partial charge in [-0.3, -0.25) is 0 Å². The van der Waals surface area contributed by atoms with Gasteiger partial charge in [-0.1, -0.05) is 36.4 Å². The molecule has 2 aromatic carbocycles. The van der Waals surface area contributed by atoms with Crippen molar-refractivity contribution in [2.45, 2.75) is 6.67 Å². The Labute approximate surface area is 87.8 Å². The molecule has 15 heavy (non-hydrogen) atoms. The van der Waals surface area contributed by atoms with Crippen LogP contribution in [0.1, 0.15) is 5.56 Å². The molecule has 0 aliphatic carbocycles. The van der Waals surface area contributed by atoms with Gasteiger partial charge in [0, 0.05) is 0 Å². The highest BCUT2D eigenvalue weighted by molar-refractivity contribution is 5.68. The molecule has 0 aromatic heterocycles. The third-order valence-electron chi connectivity index (χ3n) is 2.32. The topological polar surface area (TPSA) is 20.2 Å². The Hall–Kier alpha value is -1.83. The van der Waals surface area contributed by atoms with E-state index in [1.807, 2.05) is 30.3 Å². The molecule has 0 atom stereocenters. The molecule has 0 heterocycles. The molecule has 0 saturated carbocycles. The number of hydrogen-bond acceptors (Lipinski definition) is 1. The summed E-state index contributed by atoms with van der Waals surface area (Å²) in [5, 5.41) is 9.25. The molecule has 0 aliphatic heterocycles. The number of rotatable bonds is 2. The lowest BCUT2D eigenvalue weighted by molar-refractivity contribution is 0.463. The fraction of sp³-hybridized carbons (Fsp3) is 0.0769. The molecule has 0 saturated heterocycles. The van der Waals surface area contributed by atoms with Gasteiger partial charge < -0.3 is 5.11 Å². The van der Waals surface area contributed by atoms with Crippen LogP contribution in [0.5, 0.6) is 5.75 Å². The molecule has 0 unspecified atom stereocenters. The van der Waals surface area contributed by atoms with Gasteiger partial charge in [-0.05, 0) is 28.8 Å². The quantitative estimate of drug-likeness (QED) is 0.789. The van der Waals surface area contributed by atoms with Crippen molar-refractivity contribution in [1.29, 1.82) is 0 Å². The average molecular weight is 202 g/mol. The van der Waals surface area contributed by atoms with Crippen molar-refractivity contribution in [1.82, 2.24) is 0 Å². The van der Waals surface area contributed by atoms with Crippen LogP contribution >= 0.6 is 0 Å². The Morgan fingerprint density at radius 3 is 2.40 bits per heavy atom. The summed E-state index contributed by atoms with van der Waals surface area (Å²) in [6.07, 6.45) is 0. The van der Waals surface area contributed by atoms with E-state index < -0.39 is 6.67 Å². The van der Waals surface area contributed by atoms with Gasteiger partial charge in [-0.2, -0.15) is 0 Å². The molecular weight excluding hydrogens is 191 g/mol. The second-order valence-corrected chi connectivity index (χ2v) is 3.34. The van der Waals surface area contributed by atoms with E-state index in [4.69, 9.17) is 0 Å². The predicted molar refractivity (Wildman–Crippen MR) is 58.4 cm³/mol. The highest BCUT2D eigenvalue weighted by Gasteiger charge is 2.05. The van der Waals surface area contributed by atoms with Gasteiger partial charge in [0.25, 0.3) is 0 Å². The Bertz CT molecular complexity index is 451. The zero-order chi connectivity index (χ0) is 10.7. The standard InChI is InChI=1S/C13H11FO/c14-9-11-8-12(15)6-7-13(11)10-4-2-1-3-5-10/h1-8,15H,9H2. The van der Waals surface area contributed by atoms with Crippen LogP contribution in [0.4, 0.5) is 4.39 Å². The van der Waals surface area contributed by atoms with Gasteiger partial charge in [0.2, 0.25) is 0 Å². The molecule has 1 nitrogen and oxygen atoms in total. The number of benzene rings is 2. The summed E-state index contributed by atoms with van der Waals surface area (Å²) in [6, 6.07) is 14.3. The molecule has 0 amide bonds. The lowest BCUT2D eigenvalue weighted by Gasteiger charge is -2.07. The summed E-state index contributed by atoms with van der Waals surface area (Å²) in [5.74, 6) is 0.0994. The van der Waals surface area contributed by atoms with Gasteiger partial charge in [0.05, 0.1) is 0 Å². The van der Waals surface area contributed by atoms with Gasteiger partial charge >= 0.3 is 0 Å². The highest BCUT2D eigenvalue weighted by Crippen LogP contribution is 2.27. The summed E-state index contributed by atoms with van der Waals surface area (Å²) in [5.41, 5.74) is 2.31. The van der Waals surface area contributed by atoms with E-state index in [0.29, 0.717) is 5.56 Å². The van der Waals surface area contributed by atoms with Crippen LogP contribution in [-0.4, -0.2) is 5.11 Å². The monoisotopic (exact) mass is 202 g/mol. The van der Waals surface area contributed by atoms with Crippen LogP contribution in [0.2, 0.25) is 0 Å². The van der Waals surface area contributed by atoms with Gasteiger partial charge in [0.15, 0.2) is 0 Å². The zero-order valence-electron chi connectivity index (χ0n) is 8.15. The third-order valence-corrected chi connectivity index (χ3v) is 2.32. The molecular formula is C13H11FO. The van der Waals surface area contributed by atoms with Gasteiger partial charge in [-0.25, -0.2) is 4.39 Å². The van der Waals surface area contributed by atoms with Crippen LogP contribution in [-0.2, 0) is 6.67 Å². The van der Waals surface area contributed by atoms with Crippen LogP contribution in [0.25, 0.3) is 11.1 Å². The van der Waals surface area contributed by atoms with E-state index in [1.54, 1.807) is 12.1 Å². The van der Waals surface area contributed by atoms with Gasteiger partial charge in [-0.15, -0.1) is 0 Å². The average Bonchev–Trinajstić information content (AvgIpc) is 2.30. The van der Waals surface area contributed by atoms with Crippen molar-refractivity contribution >= 4 is 0 Å². The first kappa shape index (κ1) is 9.71. The zero-order valence-corrected chi connectivity index (χ0v) is 8.15. The van der Waals surface area contributed by atoms with E-state index in [-0.39, 0.29) is 5.75 Å². The summed E-state index contributed by atoms with van der Waals surface area (Å²) >= 11 is 0. The molecule has 2 aromatic rings. The number of phenols is 1. The van der Waals surface area contributed by atoms with E-state index in [2.05, 4.69) is 0 Å². The first-order chi connectivity index (χ1) is 7.31. The van der Waals surface area contributed by atoms with Crippen LogP contribution < -0.4 is 0 Å². The van der Waals surface area contributed by atoms with Crippen molar-refractivity contribution in [2.75, 3.05) is 0 Å². The predicted octanol–water partition coefficient (Wildman–Crippen LogP) is 3.53. The van der Waals surface area contributed by atoms with Gasteiger partial charge in [0.1, 0.15) is 12.4 Å². The minimum absolute atomic E-state index is 0.0994. The Morgan fingerprint density at radius 1 is 1.00 bits per heavy atom. The number of hydrogen-bond donors (Lipinski definition) is 1. The lowest BCUT2D eigenvalue weighted by Crippen LogP contribution is -1.86. The minimum Gasteiger partial charge on any atom is -0.508 e. The van der Waals surface area contributed by atoms with Crippen molar-refractivity contribution in [3.8, 4) is 16.9 Å². The molecule has 0 spiro atoms. The number of halogens is 1. The van der Waals surface area contributed by atoms with Crippen LogP contribution in [0.15, 0.2) is 48.5 Å². The summed E-state index contributed by atoms with van der Waals surface area (Å²) < 4.78 is 12.7. The molecule has 0 fully saturated rings. The van der Waals surface area contributed by atoms with Crippen molar-refractivity contribution in [3.63, 3.8) is 0 Å². The molecule has 0 aliphatic rings. The smallest absolute Gasteiger partial charge is 0.115 e. The lowest BCUT2D eigenvalue weighted by atomic mass is 10.0. The summed E-state index contributed by atoms with van der Waals surface area (Å²) in [4.78, 5) is 0. The Morgan fingerprint density at radius 2 is 1.73 bits per heavy atom. The normalized spacial score (nSPS) is 10.2. The van der Waals surface area contributed by atoms with E-state index in [1.165, 1.54) is 6.07 Å². The van der Waals surface area contributed by atoms with Crippen molar-refractivity contribution in [3.05, 3.63) is 54.1 Å². The molecule has 1 N–H and O–H groups in total. The van der Waals surface area contributed by atoms with E-state index in [0.717, 1.165) is 11.1 Å². The van der Waals surface area contributed by atoms with Crippen LogP contribution in [0, 0.1) is 0 Å². The molecule has 0 bridgehead atoms. The van der Waals surface area contributed by atoms with Crippen molar-refractivity contribution in [2.24, 2.45) is 0 Å². The van der Waals surface area contributed by atoms with E-state index in [9.17, 15) is 9.50 Å². The molecule has 2 heteroatoms. The maximum atomic E-state index is 12.7. The van der Waals surface area contributed by atoms with Crippen LogP contribution in [0.3, 0.4) is 0 Å². The first-order valence-electron chi connectivity index (χ1n) is 4.74. The minimum atomic E-state index is -0.571. The highest BCUT2D eigenvalue weighted by atomic mass is 19.1. The molecule has 76 valence electrons. The maximum Gasteiger partial charge on any atom is 0.115 e. The van der Waals surface area contributed by atoms with Crippen molar-refractivity contribution < 1.29 is 9.50 Å². The molecule has 0 radical (unpaired) electrons. The Balaban J connectivity index is 2.53. The first-order valence-corrected chi connectivity index (χ1v) is 4.74. The third kappa shape index (κ3) is 1.99. The number of alkyl halides is 1. The second kappa shape index (κ2) is 4.13. The second-order valence-electron chi connectivity index (χ2n) is 3.34. The molecule has 2 rings (SSSR count). The SMILES string of the molecule is Oc1ccc(-c2ccccc2)c(CF)c1. The summed E-state index contributed by atoms with van der Waals surface area (Å²) in [7, 11) is 0. The fourth-order valence-electron chi connectivity index (χ4n) is 1.59. The van der Waals surface area contributed by atoms with E-state index >= 15 is 0 Å².